The van der Waals surface area contributed by atoms with Crippen LogP contribution in [0.25, 0.3) is 10.9 Å². The molecule has 0 radical (unpaired) electrons. The Morgan fingerprint density at radius 3 is 2.60 bits per heavy atom. The first-order chi connectivity index (χ1) is 14.2. The number of hydrogen-bond acceptors (Lipinski definition) is 2. The summed E-state index contributed by atoms with van der Waals surface area (Å²) in [6, 6.07) is 9.79. The van der Waals surface area contributed by atoms with Gasteiger partial charge in [0.25, 0.3) is 0 Å². The molecule has 1 heterocycles. The van der Waals surface area contributed by atoms with E-state index in [1.165, 1.54) is 24.3 Å². The second-order valence-electron chi connectivity index (χ2n) is 6.85. The Hall–Kier alpha value is -3.23. The number of H-pyrrole nitrogens is 1. The summed E-state index contributed by atoms with van der Waals surface area (Å²) in [5, 5.41) is 6.28. The van der Waals surface area contributed by atoms with Crippen molar-refractivity contribution in [2.24, 2.45) is 0 Å². The number of hydrogen-bond donors (Lipinski definition) is 3. The van der Waals surface area contributed by atoms with E-state index in [0.717, 1.165) is 22.0 Å². The molecular formula is C21H21F4N3O2. The fourth-order valence-electron chi connectivity index (χ4n) is 3.02. The molecule has 1 aromatic heterocycles. The van der Waals surface area contributed by atoms with Gasteiger partial charge in [0.1, 0.15) is 11.6 Å². The minimum atomic E-state index is -4.40. The molecule has 0 spiro atoms. The number of aromatic nitrogens is 1. The Kier molecular flexibility index (Phi) is 6.49. The van der Waals surface area contributed by atoms with Gasteiger partial charge in [-0.2, -0.15) is 13.2 Å². The summed E-state index contributed by atoms with van der Waals surface area (Å²) in [5.41, 5.74) is 2.44. The topological polar surface area (TPSA) is 66.2 Å². The zero-order valence-corrected chi connectivity index (χ0v) is 16.1. The fraction of sp³-hybridized carbons (Fsp3) is 0.286. The molecular weight excluding hydrogens is 402 g/mol. The number of nitrogens with one attached hydrogen (secondary N) is 3. The molecule has 9 heteroatoms. The van der Waals surface area contributed by atoms with Gasteiger partial charge in [-0.3, -0.25) is 0 Å². The first-order valence-corrected chi connectivity index (χ1v) is 9.30. The molecule has 3 N–H and O–H groups in total. The maximum atomic E-state index is 13.4. The molecule has 0 aliphatic carbocycles. The molecule has 0 saturated heterocycles. The molecule has 1 atom stereocenters. The van der Waals surface area contributed by atoms with Gasteiger partial charge in [0.2, 0.25) is 0 Å². The van der Waals surface area contributed by atoms with Crippen molar-refractivity contribution in [3.63, 3.8) is 0 Å². The lowest BCUT2D eigenvalue weighted by atomic mass is 10.1. The van der Waals surface area contributed by atoms with E-state index in [2.05, 4.69) is 20.4 Å². The normalized spacial score (nSPS) is 12.6. The minimum Gasteiger partial charge on any atom is -0.484 e. The number of benzene rings is 2. The van der Waals surface area contributed by atoms with Crippen LogP contribution in [0, 0.1) is 5.82 Å². The number of rotatable bonds is 7. The molecule has 30 heavy (non-hydrogen) atoms. The Morgan fingerprint density at radius 2 is 1.90 bits per heavy atom. The highest BCUT2D eigenvalue weighted by atomic mass is 19.4. The highest BCUT2D eigenvalue weighted by Crippen LogP contribution is 2.21. The van der Waals surface area contributed by atoms with Gasteiger partial charge < -0.3 is 20.4 Å². The summed E-state index contributed by atoms with van der Waals surface area (Å²) in [4.78, 5) is 15.2. The van der Waals surface area contributed by atoms with E-state index < -0.39 is 12.8 Å². The van der Waals surface area contributed by atoms with Gasteiger partial charge in [-0.25, -0.2) is 9.18 Å². The minimum absolute atomic E-state index is 0.0999. The summed E-state index contributed by atoms with van der Waals surface area (Å²) in [7, 11) is 0. The van der Waals surface area contributed by atoms with Gasteiger partial charge >= 0.3 is 12.2 Å². The molecule has 0 aliphatic rings. The molecule has 0 aliphatic heterocycles. The lowest BCUT2D eigenvalue weighted by Crippen LogP contribution is -2.38. The molecule has 2 amide bonds. The molecule has 1 unspecified atom stereocenters. The van der Waals surface area contributed by atoms with Crippen LogP contribution < -0.4 is 15.4 Å². The standard InChI is InChI=1S/C21H21F4N3O2/c1-13(14-2-5-17(6-3-14)30-12-21(23,24)25)28-20(29)26-9-8-15-11-27-19-7-4-16(22)10-18(15)19/h2-7,10-11,13,27H,8-9,12H2,1H3,(H2,26,28,29). The van der Waals surface area contributed by atoms with Gasteiger partial charge in [-0.1, -0.05) is 12.1 Å². The third-order valence-electron chi connectivity index (χ3n) is 4.54. The summed E-state index contributed by atoms with van der Waals surface area (Å²) in [6.07, 6.45) is -2.09. The molecule has 160 valence electrons. The van der Waals surface area contributed by atoms with Crippen molar-refractivity contribution in [1.29, 1.82) is 0 Å². The monoisotopic (exact) mass is 423 g/mol. The van der Waals surface area contributed by atoms with E-state index in [1.54, 1.807) is 31.3 Å². The highest BCUT2D eigenvalue weighted by Gasteiger charge is 2.28. The number of amides is 2. The van der Waals surface area contributed by atoms with Crippen LogP contribution >= 0.6 is 0 Å². The number of aromatic amines is 1. The van der Waals surface area contributed by atoms with Crippen molar-refractivity contribution >= 4 is 16.9 Å². The van der Waals surface area contributed by atoms with Crippen LogP contribution in [0.3, 0.4) is 0 Å². The van der Waals surface area contributed by atoms with Gasteiger partial charge in [0.15, 0.2) is 6.61 Å². The van der Waals surface area contributed by atoms with E-state index in [-0.39, 0.29) is 23.6 Å². The zero-order valence-electron chi connectivity index (χ0n) is 16.1. The van der Waals surface area contributed by atoms with Crippen LogP contribution in [0.4, 0.5) is 22.4 Å². The predicted octanol–water partition coefficient (Wildman–Crippen LogP) is 4.85. The summed E-state index contributed by atoms with van der Waals surface area (Å²) in [6.45, 7) is 0.755. The van der Waals surface area contributed by atoms with Crippen LogP contribution in [0.15, 0.2) is 48.7 Å². The van der Waals surface area contributed by atoms with Crippen molar-refractivity contribution in [3.05, 3.63) is 65.6 Å². The van der Waals surface area contributed by atoms with Crippen LogP contribution in [-0.4, -0.2) is 30.3 Å². The van der Waals surface area contributed by atoms with Gasteiger partial charge in [-0.05, 0) is 54.8 Å². The van der Waals surface area contributed by atoms with E-state index in [4.69, 9.17) is 0 Å². The Morgan fingerprint density at radius 1 is 1.17 bits per heavy atom. The number of carbonyl (C=O) groups is 1. The number of carbonyl (C=O) groups excluding carboxylic acids is 1. The van der Waals surface area contributed by atoms with Crippen molar-refractivity contribution in [2.75, 3.05) is 13.2 Å². The van der Waals surface area contributed by atoms with Gasteiger partial charge in [0, 0.05) is 23.6 Å². The maximum absolute atomic E-state index is 13.4. The van der Waals surface area contributed by atoms with Crippen molar-refractivity contribution in [2.45, 2.75) is 25.6 Å². The van der Waals surface area contributed by atoms with E-state index in [1.807, 2.05) is 0 Å². The maximum Gasteiger partial charge on any atom is 0.422 e. The first-order valence-electron chi connectivity index (χ1n) is 9.30. The molecule has 0 fully saturated rings. The first kappa shape index (κ1) is 21.5. The number of ether oxygens (including phenoxy) is 1. The van der Waals surface area contributed by atoms with Gasteiger partial charge in [-0.15, -0.1) is 0 Å². The summed E-state index contributed by atoms with van der Waals surface area (Å²) < 4.78 is 54.6. The average Bonchev–Trinajstić information content (AvgIpc) is 3.08. The highest BCUT2D eigenvalue weighted by molar-refractivity contribution is 5.83. The van der Waals surface area contributed by atoms with Crippen LogP contribution in [0.5, 0.6) is 5.75 Å². The third-order valence-corrected chi connectivity index (χ3v) is 4.54. The Labute approximate surface area is 170 Å². The van der Waals surface area contributed by atoms with Gasteiger partial charge in [0.05, 0.1) is 6.04 Å². The molecule has 0 saturated carbocycles. The van der Waals surface area contributed by atoms with Crippen LogP contribution in [0.2, 0.25) is 0 Å². The quantitative estimate of drug-likeness (QED) is 0.476. The van der Waals surface area contributed by atoms with Crippen molar-refractivity contribution in [3.8, 4) is 5.75 Å². The Bertz CT molecular complexity index is 1000. The lowest BCUT2D eigenvalue weighted by Gasteiger charge is -2.16. The SMILES string of the molecule is CC(NC(=O)NCCc1c[nH]c2ccc(F)cc12)c1ccc(OCC(F)(F)F)cc1. The van der Waals surface area contributed by atoms with Crippen LogP contribution in [0.1, 0.15) is 24.1 Å². The fourth-order valence-corrected chi connectivity index (χ4v) is 3.02. The average molecular weight is 423 g/mol. The van der Waals surface area contributed by atoms with Crippen LogP contribution in [-0.2, 0) is 6.42 Å². The number of alkyl halides is 3. The predicted molar refractivity (Wildman–Crippen MR) is 105 cm³/mol. The van der Waals surface area contributed by atoms with Crippen molar-refractivity contribution in [1.82, 2.24) is 15.6 Å². The zero-order chi connectivity index (χ0) is 21.7. The van der Waals surface area contributed by atoms with E-state index in [0.29, 0.717) is 13.0 Å². The Balaban J connectivity index is 1.46. The second kappa shape index (κ2) is 9.06. The largest absolute Gasteiger partial charge is 0.484 e. The number of fused-ring (bicyclic) bond motifs is 1. The molecule has 2 aromatic carbocycles. The van der Waals surface area contributed by atoms with Crippen molar-refractivity contribution < 1.29 is 27.1 Å². The smallest absolute Gasteiger partial charge is 0.422 e. The number of urea groups is 1. The van der Waals surface area contributed by atoms with E-state index in [9.17, 15) is 22.4 Å². The lowest BCUT2D eigenvalue weighted by molar-refractivity contribution is -0.153. The molecule has 0 bridgehead atoms. The summed E-state index contributed by atoms with van der Waals surface area (Å²) in [5.74, 6) is -0.222. The molecule has 5 nitrogen and oxygen atoms in total. The molecule has 3 rings (SSSR count). The third kappa shape index (κ3) is 5.88. The second-order valence-corrected chi connectivity index (χ2v) is 6.85. The number of halogens is 4. The summed E-state index contributed by atoms with van der Waals surface area (Å²) >= 11 is 0. The molecule has 3 aromatic rings. The van der Waals surface area contributed by atoms with E-state index >= 15 is 0 Å².